The molecular weight excluding hydrogens is 236 g/mol. The number of hydrogen-bond acceptors (Lipinski definition) is 3. The highest BCUT2D eigenvalue weighted by molar-refractivity contribution is 7.80. The highest BCUT2D eigenvalue weighted by atomic mass is 32.1. The first-order valence-corrected chi connectivity index (χ1v) is 5.92. The molecule has 0 bridgehead atoms. The molecule has 2 rings (SSSR count). The van der Waals surface area contributed by atoms with Gasteiger partial charge in [-0.25, -0.2) is 0 Å². The molecule has 2 amide bonds. The molecule has 1 aromatic carbocycles. The van der Waals surface area contributed by atoms with Crippen LogP contribution in [0.2, 0.25) is 0 Å². The van der Waals surface area contributed by atoms with Crippen LogP contribution in [0.25, 0.3) is 0 Å². The van der Waals surface area contributed by atoms with Crippen LogP contribution in [-0.2, 0) is 16.0 Å². The fourth-order valence-electron chi connectivity index (χ4n) is 1.75. The molecule has 1 fully saturated rings. The molecule has 90 valence electrons. The third kappa shape index (κ3) is 3.23. The number of benzene rings is 1. The van der Waals surface area contributed by atoms with E-state index in [4.69, 9.17) is 0 Å². The maximum atomic E-state index is 11.9. The number of carbonyl (C=O) groups excluding carboxylic acids is 2. The number of amides is 2. The van der Waals surface area contributed by atoms with E-state index in [1.165, 1.54) is 0 Å². The number of hydrogen-bond donors (Lipinski definition) is 2. The Balaban J connectivity index is 1.96. The summed E-state index contributed by atoms with van der Waals surface area (Å²) in [5.41, 5.74) is 0.943. The highest BCUT2D eigenvalue weighted by Crippen LogP contribution is 2.09. The van der Waals surface area contributed by atoms with Gasteiger partial charge in [0.2, 0.25) is 11.8 Å². The van der Waals surface area contributed by atoms with Gasteiger partial charge in [0.15, 0.2) is 0 Å². The van der Waals surface area contributed by atoms with Crippen LogP contribution < -0.4 is 5.32 Å². The lowest BCUT2D eigenvalue weighted by molar-refractivity contribution is -0.137. The minimum absolute atomic E-state index is 0.00763. The molecule has 0 aliphatic carbocycles. The molecule has 1 aliphatic rings. The van der Waals surface area contributed by atoms with Gasteiger partial charge in [0.05, 0.1) is 13.0 Å². The number of piperazine rings is 1. The predicted molar refractivity (Wildman–Crippen MR) is 67.0 cm³/mol. The molecule has 0 aromatic heterocycles. The Bertz CT molecular complexity index is 431. The Morgan fingerprint density at radius 3 is 2.71 bits per heavy atom. The Morgan fingerprint density at radius 2 is 2.06 bits per heavy atom. The van der Waals surface area contributed by atoms with E-state index < -0.39 is 0 Å². The van der Waals surface area contributed by atoms with Gasteiger partial charge in [0.1, 0.15) is 0 Å². The van der Waals surface area contributed by atoms with Crippen molar-refractivity contribution in [3.8, 4) is 0 Å². The van der Waals surface area contributed by atoms with E-state index in [9.17, 15) is 9.59 Å². The van der Waals surface area contributed by atoms with E-state index in [-0.39, 0.29) is 18.4 Å². The van der Waals surface area contributed by atoms with E-state index in [0.29, 0.717) is 19.5 Å². The van der Waals surface area contributed by atoms with Crippen LogP contribution in [0.1, 0.15) is 5.56 Å². The number of nitrogens with one attached hydrogen (secondary N) is 1. The first kappa shape index (κ1) is 12.0. The quantitative estimate of drug-likeness (QED) is 0.750. The molecule has 4 nitrogen and oxygen atoms in total. The van der Waals surface area contributed by atoms with Crippen molar-refractivity contribution in [1.82, 2.24) is 10.2 Å². The van der Waals surface area contributed by atoms with Gasteiger partial charge in [0.25, 0.3) is 0 Å². The fraction of sp³-hybridized carbons (Fsp3) is 0.333. The fourth-order valence-corrected chi connectivity index (χ4v) is 1.90. The van der Waals surface area contributed by atoms with Crippen LogP contribution in [-0.4, -0.2) is 36.3 Å². The van der Waals surface area contributed by atoms with Gasteiger partial charge in [-0.05, 0) is 17.7 Å². The molecular formula is C12H14N2O2S. The maximum absolute atomic E-state index is 11.9. The normalized spacial score (nSPS) is 15.6. The van der Waals surface area contributed by atoms with Crippen LogP contribution in [0, 0.1) is 0 Å². The smallest absolute Gasteiger partial charge is 0.239 e. The van der Waals surface area contributed by atoms with Gasteiger partial charge in [-0.3, -0.25) is 9.59 Å². The third-order valence-electron chi connectivity index (χ3n) is 2.68. The number of thiol groups is 1. The van der Waals surface area contributed by atoms with Crippen LogP contribution >= 0.6 is 12.6 Å². The number of rotatable bonds is 2. The molecule has 0 unspecified atom stereocenters. The summed E-state index contributed by atoms with van der Waals surface area (Å²) in [5.74, 6) is -0.0953. The maximum Gasteiger partial charge on any atom is 0.239 e. The van der Waals surface area contributed by atoms with Gasteiger partial charge >= 0.3 is 0 Å². The average Bonchev–Trinajstić information content (AvgIpc) is 2.32. The highest BCUT2D eigenvalue weighted by Gasteiger charge is 2.20. The molecule has 0 spiro atoms. The minimum atomic E-state index is -0.0877. The Labute approximate surface area is 105 Å². The summed E-state index contributed by atoms with van der Waals surface area (Å²) in [5, 5.41) is 2.70. The standard InChI is InChI=1S/C12H14N2O2S/c15-11-8-14(6-5-13-11)12(16)7-9-1-3-10(17)4-2-9/h1-4,17H,5-8H2,(H,13,15). The molecule has 1 aliphatic heterocycles. The summed E-state index contributed by atoms with van der Waals surface area (Å²) < 4.78 is 0. The van der Waals surface area contributed by atoms with Gasteiger partial charge in [-0.1, -0.05) is 12.1 Å². The van der Waals surface area contributed by atoms with Gasteiger partial charge in [-0.15, -0.1) is 12.6 Å². The first-order valence-electron chi connectivity index (χ1n) is 5.47. The molecule has 1 N–H and O–H groups in total. The van der Waals surface area contributed by atoms with Crippen LogP contribution in [0.3, 0.4) is 0 Å². The summed E-state index contributed by atoms with van der Waals surface area (Å²) in [6.07, 6.45) is 0.335. The van der Waals surface area contributed by atoms with Crippen molar-refractivity contribution in [3.05, 3.63) is 29.8 Å². The van der Waals surface area contributed by atoms with E-state index in [1.54, 1.807) is 4.90 Å². The molecule has 1 saturated heterocycles. The lowest BCUT2D eigenvalue weighted by Gasteiger charge is -2.26. The Morgan fingerprint density at radius 1 is 1.35 bits per heavy atom. The SMILES string of the molecule is O=C1CN(C(=O)Cc2ccc(S)cc2)CCN1. The molecule has 5 heteroatoms. The third-order valence-corrected chi connectivity index (χ3v) is 2.98. The topological polar surface area (TPSA) is 49.4 Å². The summed E-state index contributed by atoms with van der Waals surface area (Å²) >= 11 is 4.19. The van der Waals surface area contributed by atoms with Crippen molar-refractivity contribution in [2.75, 3.05) is 19.6 Å². The zero-order valence-electron chi connectivity index (χ0n) is 9.35. The largest absolute Gasteiger partial charge is 0.353 e. The van der Waals surface area contributed by atoms with Crippen molar-refractivity contribution in [2.24, 2.45) is 0 Å². The van der Waals surface area contributed by atoms with E-state index in [2.05, 4.69) is 17.9 Å². The van der Waals surface area contributed by atoms with Crippen LogP contribution in [0.5, 0.6) is 0 Å². The molecule has 1 aromatic rings. The predicted octanol–water partition coefficient (Wildman–Crippen LogP) is 0.476. The monoisotopic (exact) mass is 250 g/mol. The van der Waals surface area contributed by atoms with E-state index in [0.717, 1.165) is 10.5 Å². The van der Waals surface area contributed by atoms with E-state index in [1.807, 2.05) is 24.3 Å². The number of nitrogens with zero attached hydrogens (tertiary/aromatic N) is 1. The van der Waals surface area contributed by atoms with Crippen LogP contribution in [0.15, 0.2) is 29.2 Å². The molecule has 1 heterocycles. The molecule has 0 radical (unpaired) electrons. The van der Waals surface area contributed by atoms with Crippen molar-refractivity contribution >= 4 is 24.4 Å². The second kappa shape index (κ2) is 5.23. The van der Waals surface area contributed by atoms with Gasteiger partial charge < -0.3 is 10.2 Å². The summed E-state index contributed by atoms with van der Waals surface area (Å²) in [6, 6.07) is 7.47. The lowest BCUT2D eigenvalue weighted by atomic mass is 10.1. The molecule has 0 saturated carbocycles. The minimum Gasteiger partial charge on any atom is -0.353 e. The van der Waals surface area contributed by atoms with Crippen molar-refractivity contribution in [2.45, 2.75) is 11.3 Å². The second-order valence-electron chi connectivity index (χ2n) is 4.01. The van der Waals surface area contributed by atoms with Crippen molar-refractivity contribution < 1.29 is 9.59 Å². The zero-order valence-corrected chi connectivity index (χ0v) is 10.2. The zero-order chi connectivity index (χ0) is 12.3. The first-order chi connectivity index (χ1) is 8.15. The van der Waals surface area contributed by atoms with Crippen LogP contribution in [0.4, 0.5) is 0 Å². The van der Waals surface area contributed by atoms with Gasteiger partial charge in [-0.2, -0.15) is 0 Å². The Kier molecular flexibility index (Phi) is 3.68. The average molecular weight is 250 g/mol. The second-order valence-corrected chi connectivity index (χ2v) is 4.52. The molecule has 17 heavy (non-hydrogen) atoms. The number of carbonyl (C=O) groups is 2. The van der Waals surface area contributed by atoms with Crippen molar-refractivity contribution in [3.63, 3.8) is 0 Å². The van der Waals surface area contributed by atoms with Crippen molar-refractivity contribution in [1.29, 1.82) is 0 Å². The Hall–Kier alpha value is -1.49. The molecule has 0 atom stereocenters. The lowest BCUT2D eigenvalue weighted by Crippen LogP contribution is -2.50. The van der Waals surface area contributed by atoms with E-state index >= 15 is 0 Å². The summed E-state index contributed by atoms with van der Waals surface area (Å²) in [6.45, 7) is 1.30. The summed E-state index contributed by atoms with van der Waals surface area (Å²) in [4.78, 5) is 25.5. The van der Waals surface area contributed by atoms with Gasteiger partial charge in [0, 0.05) is 18.0 Å². The summed E-state index contributed by atoms with van der Waals surface area (Å²) in [7, 11) is 0.